The summed E-state index contributed by atoms with van der Waals surface area (Å²) in [5, 5.41) is 0.922. The molecular formula is C34H44Cl2N2O4. The van der Waals surface area contributed by atoms with Gasteiger partial charge in [0.1, 0.15) is 11.9 Å². The van der Waals surface area contributed by atoms with Crippen LogP contribution in [0.1, 0.15) is 64.0 Å². The second-order valence-electron chi connectivity index (χ2n) is 13.1. The number of hydrogen-bond donors (Lipinski definition) is 0. The highest BCUT2D eigenvalue weighted by Crippen LogP contribution is 2.52. The van der Waals surface area contributed by atoms with Crippen LogP contribution < -0.4 is 4.74 Å². The molecule has 5 rings (SSSR count). The Kier molecular flexibility index (Phi) is 9.76. The van der Waals surface area contributed by atoms with E-state index in [1.54, 1.807) is 19.2 Å². The van der Waals surface area contributed by atoms with Gasteiger partial charge in [-0.3, -0.25) is 9.59 Å². The first kappa shape index (κ1) is 31.2. The van der Waals surface area contributed by atoms with Crippen LogP contribution in [0.2, 0.25) is 10.0 Å². The van der Waals surface area contributed by atoms with E-state index in [4.69, 9.17) is 32.7 Å². The van der Waals surface area contributed by atoms with Crippen molar-refractivity contribution in [3.05, 3.63) is 63.6 Å². The van der Waals surface area contributed by atoms with Crippen LogP contribution in [-0.4, -0.2) is 67.1 Å². The van der Waals surface area contributed by atoms with E-state index in [1.807, 2.05) is 12.1 Å². The van der Waals surface area contributed by atoms with Crippen LogP contribution in [0.5, 0.6) is 5.75 Å². The summed E-state index contributed by atoms with van der Waals surface area (Å²) in [5.41, 5.74) is 1.79. The normalized spacial score (nSPS) is 26.0. The van der Waals surface area contributed by atoms with Crippen molar-refractivity contribution in [1.29, 1.82) is 0 Å². The fourth-order valence-corrected chi connectivity index (χ4v) is 7.67. The van der Waals surface area contributed by atoms with Crippen molar-refractivity contribution in [2.75, 3.05) is 33.3 Å². The SMILES string of the molecule is COc1cccc([C@@]23CCN(CC4CC4)C[C@H]2C(OC(C)=O)C[C@@H](N(CC(C)C)C(=O)Cc2ccc(Cl)c(Cl)c2)C3)c1. The standard InChI is InChI=1S/C34H44Cl2N2O4/c1-22(2)19-38(33(40)15-25-10-11-30(35)31(36)14-25)27-17-32(42-23(3)39)29-21-37(20-24-8-9-24)13-12-34(29,18-27)26-6-5-7-28(16-26)41-4/h5-7,10-11,14,16,22,24,27,29,32H,8-9,12-13,15,17-21H2,1-4H3/t27-,29+,32?,34+/m1/s1. The number of carbonyl (C=O) groups excluding carboxylic acids is 2. The first-order valence-corrected chi connectivity index (χ1v) is 16.1. The van der Waals surface area contributed by atoms with Gasteiger partial charge in [-0.05, 0) is 79.5 Å². The first-order valence-electron chi connectivity index (χ1n) is 15.4. The predicted octanol–water partition coefficient (Wildman–Crippen LogP) is 6.79. The maximum atomic E-state index is 14.1. The number of rotatable bonds is 10. The van der Waals surface area contributed by atoms with Crippen LogP contribution in [0.25, 0.3) is 0 Å². The quantitative estimate of drug-likeness (QED) is 0.276. The number of nitrogens with zero attached hydrogens (tertiary/aromatic N) is 2. The number of methoxy groups -OCH3 is 1. The number of hydrogen-bond acceptors (Lipinski definition) is 5. The highest BCUT2D eigenvalue weighted by Gasteiger charge is 2.55. The molecule has 1 unspecified atom stereocenters. The van der Waals surface area contributed by atoms with Crippen molar-refractivity contribution in [1.82, 2.24) is 9.80 Å². The monoisotopic (exact) mass is 614 g/mol. The summed E-state index contributed by atoms with van der Waals surface area (Å²) in [6.07, 6.45) is 4.96. The number of esters is 1. The van der Waals surface area contributed by atoms with Crippen molar-refractivity contribution in [3.8, 4) is 5.75 Å². The number of likely N-dealkylation sites (tertiary alicyclic amines) is 1. The lowest BCUT2D eigenvalue weighted by Gasteiger charge is -2.57. The van der Waals surface area contributed by atoms with E-state index in [-0.39, 0.29) is 47.7 Å². The Bertz CT molecular complexity index is 1280. The summed E-state index contributed by atoms with van der Waals surface area (Å²) < 4.78 is 11.8. The molecule has 0 aromatic heterocycles. The van der Waals surface area contributed by atoms with Crippen molar-refractivity contribution in [2.45, 2.75) is 76.9 Å². The number of halogens is 2. The van der Waals surface area contributed by atoms with Gasteiger partial charge in [0.25, 0.3) is 0 Å². The van der Waals surface area contributed by atoms with E-state index in [1.165, 1.54) is 25.3 Å². The van der Waals surface area contributed by atoms with Gasteiger partial charge in [0, 0.05) is 50.4 Å². The molecule has 3 aliphatic rings. The number of benzene rings is 2. The predicted molar refractivity (Wildman–Crippen MR) is 167 cm³/mol. The molecule has 2 aliphatic carbocycles. The molecular weight excluding hydrogens is 571 g/mol. The van der Waals surface area contributed by atoms with Gasteiger partial charge in [0.2, 0.25) is 5.91 Å². The van der Waals surface area contributed by atoms with Gasteiger partial charge in [-0.1, -0.05) is 55.2 Å². The van der Waals surface area contributed by atoms with Gasteiger partial charge in [-0.15, -0.1) is 0 Å². The molecule has 2 saturated carbocycles. The summed E-state index contributed by atoms with van der Waals surface area (Å²) in [4.78, 5) is 31.2. The van der Waals surface area contributed by atoms with E-state index in [0.29, 0.717) is 23.0 Å². The fourth-order valence-electron chi connectivity index (χ4n) is 7.35. The van der Waals surface area contributed by atoms with E-state index in [9.17, 15) is 9.59 Å². The van der Waals surface area contributed by atoms with Gasteiger partial charge < -0.3 is 19.3 Å². The summed E-state index contributed by atoms with van der Waals surface area (Å²) >= 11 is 12.4. The molecule has 4 atom stereocenters. The van der Waals surface area contributed by atoms with Crippen molar-refractivity contribution < 1.29 is 19.1 Å². The molecule has 42 heavy (non-hydrogen) atoms. The molecule has 3 fully saturated rings. The van der Waals surface area contributed by atoms with Gasteiger partial charge >= 0.3 is 5.97 Å². The van der Waals surface area contributed by atoms with E-state index in [0.717, 1.165) is 49.7 Å². The topological polar surface area (TPSA) is 59.1 Å². The first-order chi connectivity index (χ1) is 20.1. The molecule has 0 radical (unpaired) electrons. The minimum absolute atomic E-state index is 0.0547. The Morgan fingerprint density at radius 1 is 1.12 bits per heavy atom. The molecule has 1 amide bonds. The lowest BCUT2D eigenvalue weighted by atomic mass is 9.56. The third-order valence-corrected chi connectivity index (χ3v) is 10.2. The molecule has 1 aliphatic heterocycles. The lowest BCUT2D eigenvalue weighted by molar-refractivity contribution is -0.161. The van der Waals surface area contributed by atoms with Crippen molar-refractivity contribution >= 4 is 35.1 Å². The van der Waals surface area contributed by atoms with Crippen molar-refractivity contribution in [3.63, 3.8) is 0 Å². The molecule has 8 heteroatoms. The molecule has 0 N–H and O–H groups in total. The Labute approximate surface area is 260 Å². The Morgan fingerprint density at radius 2 is 1.90 bits per heavy atom. The molecule has 1 saturated heterocycles. The van der Waals surface area contributed by atoms with Gasteiger partial charge in [0.05, 0.1) is 23.6 Å². The Balaban J connectivity index is 1.52. The summed E-state index contributed by atoms with van der Waals surface area (Å²) in [7, 11) is 1.70. The third kappa shape index (κ3) is 7.09. The minimum atomic E-state index is -0.290. The summed E-state index contributed by atoms with van der Waals surface area (Å²) in [6, 6.07) is 13.7. The number of fused-ring (bicyclic) bond motifs is 1. The van der Waals surface area contributed by atoms with Crippen LogP contribution in [0.15, 0.2) is 42.5 Å². The van der Waals surface area contributed by atoms with Crippen LogP contribution in [0, 0.1) is 17.8 Å². The average Bonchev–Trinajstić information content (AvgIpc) is 3.77. The van der Waals surface area contributed by atoms with Gasteiger partial charge in [-0.25, -0.2) is 0 Å². The lowest BCUT2D eigenvalue weighted by Crippen LogP contribution is -2.62. The zero-order chi connectivity index (χ0) is 30.0. The van der Waals surface area contributed by atoms with E-state index < -0.39 is 0 Å². The Morgan fingerprint density at radius 3 is 2.57 bits per heavy atom. The van der Waals surface area contributed by atoms with Crippen LogP contribution in [-0.2, 0) is 26.2 Å². The summed E-state index contributed by atoms with van der Waals surface area (Å²) in [5.74, 6) is 1.81. The van der Waals surface area contributed by atoms with Crippen molar-refractivity contribution in [2.24, 2.45) is 17.8 Å². The third-order valence-electron chi connectivity index (χ3n) is 9.43. The molecule has 2 aromatic carbocycles. The fraction of sp³-hybridized carbons (Fsp3) is 0.588. The van der Waals surface area contributed by atoms with Crippen LogP contribution >= 0.6 is 23.2 Å². The van der Waals surface area contributed by atoms with Gasteiger partial charge in [0.15, 0.2) is 0 Å². The molecule has 0 spiro atoms. The molecule has 1 heterocycles. The highest BCUT2D eigenvalue weighted by atomic mass is 35.5. The number of carbonyl (C=O) groups is 2. The smallest absolute Gasteiger partial charge is 0.302 e. The molecule has 228 valence electrons. The maximum Gasteiger partial charge on any atom is 0.302 e. The second-order valence-corrected chi connectivity index (χ2v) is 13.9. The number of amides is 1. The molecule has 0 bridgehead atoms. The van der Waals surface area contributed by atoms with E-state index in [2.05, 4.69) is 41.8 Å². The number of piperidine rings is 1. The Hall–Kier alpha value is -2.28. The average molecular weight is 616 g/mol. The highest BCUT2D eigenvalue weighted by molar-refractivity contribution is 6.42. The maximum absolute atomic E-state index is 14.1. The minimum Gasteiger partial charge on any atom is -0.497 e. The number of ether oxygens (including phenoxy) is 2. The zero-order valence-electron chi connectivity index (χ0n) is 25.3. The van der Waals surface area contributed by atoms with Crippen LogP contribution in [0.3, 0.4) is 0 Å². The molecule has 6 nitrogen and oxygen atoms in total. The van der Waals surface area contributed by atoms with E-state index >= 15 is 0 Å². The largest absolute Gasteiger partial charge is 0.497 e. The zero-order valence-corrected chi connectivity index (χ0v) is 26.8. The summed E-state index contributed by atoms with van der Waals surface area (Å²) in [6.45, 7) is 9.41. The van der Waals surface area contributed by atoms with Crippen LogP contribution in [0.4, 0.5) is 0 Å². The molecule has 2 aromatic rings. The van der Waals surface area contributed by atoms with Gasteiger partial charge in [-0.2, -0.15) is 0 Å². The second kappa shape index (κ2) is 13.2.